The third-order valence-corrected chi connectivity index (χ3v) is 17.2. The molecule has 5 aromatic heterocycles. The molecule has 0 radical (unpaired) electrons. The second-order valence-corrected chi connectivity index (χ2v) is 24.1. The minimum absolute atomic E-state index is 0.0123. The number of carbonyl (C=O) groups excluding carboxylic acids is 2. The number of hydrogen-bond donors (Lipinski definition) is 3. The van der Waals surface area contributed by atoms with E-state index in [4.69, 9.17) is 53.6 Å². The highest BCUT2D eigenvalue weighted by Crippen LogP contribution is 2.55. The summed E-state index contributed by atoms with van der Waals surface area (Å²) in [5, 5.41) is 15.0. The number of carbonyl (C=O) groups is 2. The van der Waals surface area contributed by atoms with Crippen molar-refractivity contribution in [3.05, 3.63) is 191 Å². The van der Waals surface area contributed by atoms with Crippen molar-refractivity contribution >= 4 is 72.7 Å². The third kappa shape index (κ3) is 14.6. The zero-order valence-corrected chi connectivity index (χ0v) is 51.2. The maximum absolute atomic E-state index is 16.8. The molecule has 466 valence electrons. The van der Waals surface area contributed by atoms with Gasteiger partial charge in [0.1, 0.15) is 41.9 Å². The molecule has 90 heavy (non-hydrogen) atoms. The van der Waals surface area contributed by atoms with E-state index >= 15 is 4.39 Å². The Balaban J connectivity index is 0.00000140. The lowest BCUT2D eigenvalue weighted by molar-refractivity contribution is -0.378. The molecule has 2 unspecified atom stereocenters. The molecule has 0 aliphatic carbocycles. The number of benzene rings is 4. The number of methoxy groups -OCH3 is 2. The molecule has 9 aromatic rings. The number of imidazole rings is 2. The molecular formula is C60H60FN12O14P2S+. The van der Waals surface area contributed by atoms with Crippen molar-refractivity contribution in [2.24, 2.45) is 5.92 Å². The number of nitrogens with one attached hydrogen (secondary N) is 4. The predicted octanol–water partition coefficient (Wildman–Crippen LogP) is 7.82. The zero-order chi connectivity index (χ0) is 63.4. The molecule has 2 fully saturated rings. The number of halogens is 1. The van der Waals surface area contributed by atoms with Gasteiger partial charge >= 0.3 is 15.0 Å². The van der Waals surface area contributed by atoms with Gasteiger partial charge < -0.3 is 47.5 Å². The highest BCUT2D eigenvalue weighted by Gasteiger charge is 2.52. The number of rotatable bonds is 24. The molecule has 7 heterocycles. The van der Waals surface area contributed by atoms with Crippen LogP contribution < -0.4 is 35.5 Å². The fourth-order valence-electron chi connectivity index (χ4n) is 10.0. The number of nitrogens with zero attached hydrogens (tertiary/aromatic N) is 8. The summed E-state index contributed by atoms with van der Waals surface area (Å²) in [6.07, 6.45) is -3.13. The fourth-order valence-corrected chi connectivity index (χ4v) is 12.6. The van der Waals surface area contributed by atoms with Gasteiger partial charge in [0.15, 0.2) is 59.0 Å². The average Bonchev–Trinajstić information content (AvgIpc) is 1.11. The molecule has 2 aliphatic rings. The number of fused-ring (bicyclic) bond motifs is 2. The SMILES string of the molecule is COc1ccc(C(OC[C@H]2O[C@@H](n3cnc4c(NC(=O)c5ccccc5)ncnc43)C[C@H]2OP(=S)(OCCC#N)OC[C@H]2O[C@@H](n3cnc4c(=O)[nH]c(NC(=O)C(C)C)nc43)[C@H](O[P+](=O)[O-])[C@@H]2F)(c2ccccc2)c2ccc(OC)cc2)cc1.c1cc[nH+]cc1. The monoisotopic (exact) mass is 1290 g/mol. The molecule has 4 aromatic carbocycles. The van der Waals surface area contributed by atoms with Crippen LogP contribution in [0.15, 0.2) is 164 Å². The molecule has 11 rings (SSSR count). The van der Waals surface area contributed by atoms with Crippen molar-refractivity contribution in [1.29, 1.82) is 5.26 Å². The fraction of sp³-hybridized carbons (Fsp3) is 0.300. The van der Waals surface area contributed by atoms with E-state index in [0.29, 0.717) is 28.2 Å². The van der Waals surface area contributed by atoms with Crippen molar-refractivity contribution in [3.63, 3.8) is 0 Å². The number of pyridine rings is 1. The Bertz CT molecular complexity index is 4010. The van der Waals surface area contributed by atoms with E-state index in [-0.39, 0.29) is 60.1 Å². The highest BCUT2D eigenvalue weighted by molar-refractivity contribution is 8.07. The van der Waals surface area contributed by atoms with Crippen molar-refractivity contribution < 1.29 is 70.2 Å². The normalized spacial score (nSPS) is 19.8. The number of amides is 2. The molecule has 0 spiro atoms. The van der Waals surface area contributed by atoms with Crippen LogP contribution in [0.2, 0.25) is 0 Å². The van der Waals surface area contributed by atoms with Gasteiger partial charge in [0.25, 0.3) is 11.5 Å². The highest BCUT2D eigenvalue weighted by atomic mass is 32.5. The van der Waals surface area contributed by atoms with Crippen LogP contribution in [0.4, 0.5) is 16.2 Å². The van der Waals surface area contributed by atoms with Gasteiger partial charge in [-0.1, -0.05) is 92.7 Å². The molecule has 0 saturated carbocycles. The van der Waals surface area contributed by atoms with Gasteiger partial charge in [0.2, 0.25) is 11.9 Å². The van der Waals surface area contributed by atoms with Crippen molar-refractivity contribution in [3.8, 4) is 17.6 Å². The van der Waals surface area contributed by atoms with Crippen LogP contribution in [0.5, 0.6) is 11.5 Å². The summed E-state index contributed by atoms with van der Waals surface area (Å²) in [6.45, 7) is -2.20. The first-order valence-corrected chi connectivity index (χ1v) is 31.7. The number of ether oxygens (including phenoxy) is 5. The zero-order valence-electron chi connectivity index (χ0n) is 48.6. The maximum Gasteiger partial charge on any atom is 0.489 e. The van der Waals surface area contributed by atoms with E-state index in [1.807, 2.05) is 116 Å². The topological polar surface area (TPSA) is 326 Å². The molecule has 0 bridgehead atoms. The summed E-state index contributed by atoms with van der Waals surface area (Å²) < 4.78 is 87.5. The van der Waals surface area contributed by atoms with Crippen LogP contribution in [0.25, 0.3) is 22.3 Å². The van der Waals surface area contributed by atoms with E-state index < -0.39 is 93.5 Å². The molecule has 4 N–H and O–H groups in total. The second-order valence-electron chi connectivity index (χ2n) is 20.4. The lowest BCUT2D eigenvalue weighted by Gasteiger charge is -2.37. The van der Waals surface area contributed by atoms with Crippen molar-refractivity contribution in [1.82, 2.24) is 39.0 Å². The summed E-state index contributed by atoms with van der Waals surface area (Å²) in [5.74, 6) is -0.351. The van der Waals surface area contributed by atoms with Crippen LogP contribution in [0.3, 0.4) is 0 Å². The minimum atomic E-state index is -4.18. The number of anilines is 2. The van der Waals surface area contributed by atoms with E-state index in [1.165, 1.54) is 12.7 Å². The second kappa shape index (κ2) is 29.3. The Morgan fingerprint density at radius 1 is 0.833 bits per heavy atom. The van der Waals surface area contributed by atoms with Crippen molar-refractivity contribution in [2.75, 3.05) is 44.7 Å². The van der Waals surface area contributed by atoms with Gasteiger partial charge in [0.05, 0.1) is 65.3 Å². The Labute approximate surface area is 519 Å². The predicted molar refractivity (Wildman–Crippen MR) is 324 cm³/mol. The number of H-pyrrole nitrogens is 2. The third-order valence-electron chi connectivity index (χ3n) is 14.4. The standard InChI is InChI=1S/C55H54FN11O14P2S.C5H5N/c1-32(2)50(68)64-54-63-49-45(52(70)65-54)61-31-67(49)53-46(80-82(71)72)43(56)41(79-53)28-77-83(84,76-25-11-24-57)81-39-26-42(66-30-60-44-47(58-29-59-48(44)66)62-51(69)33-12-7-5-8-13-33)78-40(39)27-75-55(34-14-9-6-10-15-34,35-16-20-37(73-3)21-17-35)36-18-22-38(74-4)23-19-36;1-2-4-6-5-3-1/h5-10,12-23,29-32,39-43,46,53H,11,25-28H2,1-4H3,(H,58,59,62,69)(H2,63,64,65,68,70);1-5H/p+1/t39-,40-,41-,42-,43-,46-,53-,83?;/m1./s1. The van der Waals surface area contributed by atoms with Gasteiger partial charge in [-0.2, -0.15) is 10.2 Å². The van der Waals surface area contributed by atoms with E-state index in [2.05, 4.69) is 45.5 Å². The van der Waals surface area contributed by atoms with E-state index in [1.54, 1.807) is 63.0 Å². The van der Waals surface area contributed by atoms with Gasteiger partial charge in [-0.15, -0.1) is 4.52 Å². The first kappa shape index (κ1) is 64.3. The Kier molecular flexibility index (Phi) is 20.9. The maximum atomic E-state index is 16.8. The summed E-state index contributed by atoms with van der Waals surface area (Å²) in [5.41, 5.74) is 0.446. The first-order valence-electron chi connectivity index (χ1n) is 28.0. The summed E-state index contributed by atoms with van der Waals surface area (Å²) in [4.78, 5) is 78.4. The lowest BCUT2D eigenvalue weighted by atomic mass is 9.80. The van der Waals surface area contributed by atoms with Crippen LogP contribution in [0, 0.1) is 17.2 Å². The first-order chi connectivity index (χ1) is 43.6. The number of nitriles is 1. The average molecular weight is 1290 g/mol. The van der Waals surface area contributed by atoms with E-state index in [0.717, 1.165) is 16.5 Å². The molecule has 2 saturated heterocycles. The van der Waals surface area contributed by atoms with Crippen molar-refractivity contribution in [2.45, 2.75) is 75.3 Å². The number of aromatic amines is 2. The Morgan fingerprint density at radius 2 is 1.47 bits per heavy atom. The van der Waals surface area contributed by atoms with Gasteiger partial charge in [-0.25, -0.2) is 29.3 Å². The molecule has 2 aliphatic heterocycles. The number of hydrogen-bond acceptors (Lipinski definition) is 21. The summed E-state index contributed by atoms with van der Waals surface area (Å²) in [7, 11) is -0.573. The lowest BCUT2D eigenvalue weighted by Crippen LogP contribution is -2.38. The quantitative estimate of drug-likeness (QED) is 0.0295. The number of alkyl halides is 1. The largest absolute Gasteiger partial charge is 0.566 e. The minimum Gasteiger partial charge on any atom is -0.566 e. The molecular weight excluding hydrogens is 1230 g/mol. The van der Waals surface area contributed by atoms with Gasteiger partial charge in [-0.3, -0.25) is 33.8 Å². The van der Waals surface area contributed by atoms with Crippen LogP contribution in [-0.2, 0) is 59.1 Å². The molecule has 9 atom stereocenters. The molecule has 2 amide bonds. The van der Waals surface area contributed by atoms with E-state index in [9.17, 15) is 29.1 Å². The number of aromatic nitrogens is 9. The Hall–Kier alpha value is -8.68. The van der Waals surface area contributed by atoms with Gasteiger partial charge in [0, 0.05) is 30.0 Å². The smallest absolute Gasteiger partial charge is 0.489 e. The van der Waals surface area contributed by atoms with Crippen LogP contribution in [0.1, 0.15) is 66.2 Å². The van der Waals surface area contributed by atoms with Crippen LogP contribution in [-0.4, -0.2) is 115 Å². The Morgan fingerprint density at radius 3 is 2.08 bits per heavy atom. The summed E-state index contributed by atoms with van der Waals surface area (Å²) >= 11 is 6.11. The van der Waals surface area contributed by atoms with Gasteiger partial charge in [-0.05, 0) is 69.5 Å². The molecule has 30 heteroatoms. The summed E-state index contributed by atoms with van der Waals surface area (Å²) in [6, 6.07) is 40.7. The molecule has 26 nitrogen and oxygen atoms in total. The van der Waals surface area contributed by atoms with Crippen LogP contribution >= 0.6 is 15.0 Å².